The minimum Gasteiger partial charge on any atom is -0.372 e. The van der Waals surface area contributed by atoms with Crippen molar-refractivity contribution in [2.75, 3.05) is 39.4 Å². The molecule has 2 saturated heterocycles. The Morgan fingerprint density at radius 3 is 3.00 bits per heavy atom. The van der Waals surface area contributed by atoms with E-state index in [9.17, 15) is 4.79 Å². The van der Waals surface area contributed by atoms with Gasteiger partial charge in [0.1, 0.15) is 6.61 Å². The van der Waals surface area contributed by atoms with Crippen molar-refractivity contribution in [3.8, 4) is 0 Å². The van der Waals surface area contributed by atoms with Crippen molar-refractivity contribution >= 4 is 17.2 Å². The third-order valence-corrected chi connectivity index (χ3v) is 5.07. The van der Waals surface area contributed by atoms with E-state index in [1.54, 1.807) is 11.3 Å². The summed E-state index contributed by atoms with van der Waals surface area (Å²) in [5, 5.41) is 4.36. The highest BCUT2D eigenvalue weighted by atomic mass is 32.1. The van der Waals surface area contributed by atoms with Crippen LogP contribution in [0, 0.1) is 5.41 Å². The van der Waals surface area contributed by atoms with Gasteiger partial charge < -0.3 is 9.64 Å². The molecular weight excluding hydrogens is 272 g/mol. The van der Waals surface area contributed by atoms with Crippen LogP contribution in [0.25, 0.3) is 0 Å². The lowest BCUT2D eigenvalue weighted by Gasteiger charge is -2.48. The highest BCUT2D eigenvalue weighted by Gasteiger charge is 2.48. The molecule has 3 rings (SSSR count). The number of ether oxygens (including phenoxy) is 1. The van der Waals surface area contributed by atoms with E-state index < -0.39 is 0 Å². The smallest absolute Gasteiger partial charge is 0.248 e. The molecule has 110 valence electrons. The zero-order valence-corrected chi connectivity index (χ0v) is 12.8. The summed E-state index contributed by atoms with van der Waals surface area (Å²) in [5.74, 6) is 0.147. The summed E-state index contributed by atoms with van der Waals surface area (Å²) in [4.78, 5) is 16.3. The van der Waals surface area contributed by atoms with Crippen LogP contribution >= 0.6 is 11.3 Å². The molecule has 1 aromatic rings. The molecule has 1 aromatic heterocycles. The first-order chi connectivity index (χ1) is 9.71. The third kappa shape index (κ3) is 2.90. The van der Waals surface area contributed by atoms with Crippen LogP contribution in [0.15, 0.2) is 16.8 Å². The van der Waals surface area contributed by atoms with Crippen molar-refractivity contribution in [3.05, 3.63) is 22.4 Å². The summed E-state index contributed by atoms with van der Waals surface area (Å²) in [6, 6.07) is 2.20. The molecule has 0 aromatic carbocycles. The zero-order valence-electron chi connectivity index (χ0n) is 12.0. The Labute approximate surface area is 124 Å². The number of rotatable bonds is 5. The van der Waals surface area contributed by atoms with Crippen LogP contribution in [0.5, 0.6) is 0 Å². The second-order valence-electron chi connectivity index (χ2n) is 5.98. The summed E-state index contributed by atoms with van der Waals surface area (Å²) in [7, 11) is 0. The van der Waals surface area contributed by atoms with Gasteiger partial charge in [0.15, 0.2) is 0 Å². The number of likely N-dealkylation sites (tertiary alicyclic amines) is 2. The molecule has 0 saturated carbocycles. The number of carbonyl (C=O) groups is 1. The second kappa shape index (κ2) is 5.84. The molecule has 1 spiro atoms. The molecule has 0 aliphatic carbocycles. The average Bonchev–Trinajstić information content (AvgIpc) is 3.04. The molecule has 0 N–H and O–H groups in total. The molecule has 2 aliphatic heterocycles. The van der Waals surface area contributed by atoms with Gasteiger partial charge in [-0.15, -0.1) is 0 Å². The van der Waals surface area contributed by atoms with Gasteiger partial charge >= 0.3 is 0 Å². The van der Waals surface area contributed by atoms with Crippen molar-refractivity contribution in [2.45, 2.75) is 19.9 Å². The summed E-state index contributed by atoms with van der Waals surface area (Å²) in [5.41, 5.74) is 1.77. The molecule has 4 nitrogen and oxygen atoms in total. The van der Waals surface area contributed by atoms with E-state index in [2.05, 4.69) is 21.7 Å². The first kappa shape index (κ1) is 14.0. The van der Waals surface area contributed by atoms with Gasteiger partial charge in [0, 0.05) is 38.2 Å². The van der Waals surface area contributed by atoms with Crippen LogP contribution in [0.4, 0.5) is 0 Å². The standard InChI is InChI=1S/C15H22N2O2S/c1-2-19-8-14(18)17-11-15(12-17)4-5-16(10-15)7-13-3-6-20-9-13/h3,6,9H,2,4-5,7-8,10-12H2,1H3. The monoisotopic (exact) mass is 294 g/mol. The minimum atomic E-state index is 0.147. The van der Waals surface area contributed by atoms with Gasteiger partial charge in [-0.1, -0.05) is 0 Å². The maximum absolute atomic E-state index is 11.9. The molecular formula is C15H22N2O2S. The van der Waals surface area contributed by atoms with Crippen molar-refractivity contribution in [2.24, 2.45) is 5.41 Å². The lowest BCUT2D eigenvalue weighted by molar-refractivity contribution is -0.147. The Kier molecular flexibility index (Phi) is 4.10. The van der Waals surface area contributed by atoms with E-state index in [1.807, 2.05) is 11.8 Å². The molecule has 3 heterocycles. The molecule has 0 unspecified atom stereocenters. The highest BCUT2D eigenvalue weighted by molar-refractivity contribution is 7.07. The second-order valence-corrected chi connectivity index (χ2v) is 6.76. The normalized spacial score (nSPS) is 21.4. The van der Waals surface area contributed by atoms with Crippen molar-refractivity contribution < 1.29 is 9.53 Å². The SMILES string of the molecule is CCOCC(=O)N1CC2(CCN(Cc3ccsc3)C2)C1. The van der Waals surface area contributed by atoms with Gasteiger partial charge in [-0.05, 0) is 42.3 Å². The fourth-order valence-electron chi connectivity index (χ4n) is 3.28. The average molecular weight is 294 g/mol. The van der Waals surface area contributed by atoms with E-state index >= 15 is 0 Å². The topological polar surface area (TPSA) is 32.8 Å². The molecule has 0 bridgehead atoms. The molecule has 0 radical (unpaired) electrons. The van der Waals surface area contributed by atoms with E-state index in [0.717, 1.165) is 32.7 Å². The van der Waals surface area contributed by atoms with Gasteiger partial charge in [-0.25, -0.2) is 0 Å². The van der Waals surface area contributed by atoms with E-state index in [1.165, 1.54) is 12.0 Å². The van der Waals surface area contributed by atoms with Crippen LogP contribution in [0.1, 0.15) is 18.9 Å². The lowest BCUT2D eigenvalue weighted by atomic mass is 9.79. The van der Waals surface area contributed by atoms with Crippen molar-refractivity contribution in [3.63, 3.8) is 0 Å². The zero-order chi connectivity index (χ0) is 14.0. The van der Waals surface area contributed by atoms with Crippen LogP contribution in [-0.4, -0.2) is 55.1 Å². The summed E-state index contributed by atoms with van der Waals surface area (Å²) >= 11 is 1.76. The quantitative estimate of drug-likeness (QED) is 0.830. The van der Waals surface area contributed by atoms with Gasteiger partial charge in [0.2, 0.25) is 5.91 Å². The van der Waals surface area contributed by atoms with E-state index in [0.29, 0.717) is 12.0 Å². The highest BCUT2D eigenvalue weighted by Crippen LogP contribution is 2.40. The predicted octanol–water partition coefficient (Wildman–Crippen LogP) is 1.82. The Balaban J connectivity index is 1.46. The minimum absolute atomic E-state index is 0.147. The van der Waals surface area contributed by atoms with E-state index in [4.69, 9.17) is 4.74 Å². The fraction of sp³-hybridized carbons (Fsp3) is 0.667. The van der Waals surface area contributed by atoms with Crippen LogP contribution in [0.2, 0.25) is 0 Å². The summed E-state index contributed by atoms with van der Waals surface area (Å²) in [6.45, 7) is 7.94. The number of hydrogen-bond donors (Lipinski definition) is 0. The Morgan fingerprint density at radius 2 is 2.30 bits per heavy atom. The number of hydrogen-bond acceptors (Lipinski definition) is 4. The van der Waals surface area contributed by atoms with Crippen LogP contribution < -0.4 is 0 Å². The predicted molar refractivity (Wildman–Crippen MR) is 79.7 cm³/mol. The molecule has 2 aliphatic rings. The number of thiophene rings is 1. The summed E-state index contributed by atoms with van der Waals surface area (Å²) < 4.78 is 5.19. The van der Waals surface area contributed by atoms with Crippen LogP contribution in [-0.2, 0) is 16.1 Å². The van der Waals surface area contributed by atoms with Gasteiger partial charge in [0.25, 0.3) is 0 Å². The molecule has 0 atom stereocenters. The first-order valence-corrected chi connectivity index (χ1v) is 8.24. The van der Waals surface area contributed by atoms with E-state index in [-0.39, 0.29) is 12.5 Å². The Hall–Kier alpha value is -0.910. The van der Waals surface area contributed by atoms with Crippen LogP contribution in [0.3, 0.4) is 0 Å². The number of carbonyl (C=O) groups excluding carboxylic acids is 1. The largest absolute Gasteiger partial charge is 0.372 e. The van der Waals surface area contributed by atoms with Gasteiger partial charge in [-0.3, -0.25) is 9.69 Å². The first-order valence-electron chi connectivity index (χ1n) is 7.30. The van der Waals surface area contributed by atoms with Gasteiger partial charge in [0.05, 0.1) is 0 Å². The number of amides is 1. The third-order valence-electron chi connectivity index (χ3n) is 4.34. The molecule has 2 fully saturated rings. The lowest BCUT2D eigenvalue weighted by Crippen LogP contribution is -2.60. The van der Waals surface area contributed by atoms with Crippen molar-refractivity contribution in [1.82, 2.24) is 9.80 Å². The number of nitrogens with zero attached hydrogens (tertiary/aromatic N) is 2. The Bertz CT molecular complexity index is 454. The maximum Gasteiger partial charge on any atom is 0.248 e. The molecule has 5 heteroatoms. The fourth-order valence-corrected chi connectivity index (χ4v) is 3.94. The Morgan fingerprint density at radius 1 is 1.45 bits per heavy atom. The molecule has 20 heavy (non-hydrogen) atoms. The summed E-state index contributed by atoms with van der Waals surface area (Å²) in [6.07, 6.45) is 1.22. The maximum atomic E-state index is 11.9. The van der Waals surface area contributed by atoms with Crippen molar-refractivity contribution in [1.29, 1.82) is 0 Å². The molecule has 1 amide bonds. The van der Waals surface area contributed by atoms with Gasteiger partial charge in [-0.2, -0.15) is 11.3 Å².